The van der Waals surface area contributed by atoms with Crippen LogP contribution >= 0.6 is 0 Å². The van der Waals surface area contributed by atoms with Crippen molar-refractivity contribution in [2.45, 2.75) is 32.0 Å². The van der Waals surface area contributed by atoms with Gasteiger partial charge in [0.25, 0.3) is 5.91 Å². The number of carbonyl (C=O) groups excluding carboxylic acids is 1. The molecule has 2 atom stereocenters. The molecule has 20 heavy (non-hydrogen) atoms. The van der Waals surface area contributed by atoms with E-state index in [1.165, 1.54) is 4.90 Å². The van der Waals surface area contributed by atoms with E-state index in [2.05, 4.69) is 5.16 Å². The lowest BCUT2D eigenvalue weighted by Gasteiger charge is -2.23. The number of likely N-dealkylation sites (N-methyl/N-ethyl adjacent to an activating group) is 1. The monoisotopic (exact) mass is 277 g/mol. The second kappa shape index (κ2) is 5.92. The summed E-state index contributed by atoms with van der Waals surface area (Å²) in [4.78, 5) is 13.9. The molecule has 1 saturated heterocycles. The number of carbonyl (C=O) groups is 1. The first-order valence-corrected chi connectivity index (χ1v) is 6.54. The Bertz CT molecular complexity index is 530. The molecule has 0 spiro atoms. The summed E-state index contributed by atoms with van der Waals surface area (Å²) in [6, 6.07) is 7.02. The van der Waals surface area contributed by atoms with Gasteiger partial charge in [0.15, 0.2) is 5.84 Å². The lowest BCUT2D eigenvalue weighted by atomic mass is 10.1. The number of nitrogens with two attached hydrogens (primary N) is 1. The third kappa shape index (κ3) is 2.75. The fraction of sp³-hybridized carbons (Fsp3) is 0.429. The highest BCUT2D eigenvalue weighted by Gasteiger charge is 2.31. The second-order valence-corrected chi connectivity index (χ2v) is 4.91. The molecule has 1 amide bonds. The largest absolute Gasteiger partial charge is 0.409 e. The SMILES string of the molecule is CC1CCC(C(=O)N(C)c2ccccc2/C(N)=N/O)O1. The van der Waals surface area contributed by atoms with Crippen LogP contribution in [0.25, 0.3) is 0 Å². The van der Waals surface area contributed by atoms with Crippen LogP contribution < -0.4 is 10.6 Å². The number of rotatable bonds is 3. The van der Waals surface area contributed by atoms with Gasteiger partial charge in [-0.25, -0.2) is 0 Å². The molecule has 2 unspecified atom stereocenters. The topological polar surface area (TPSA) is 88.2 Å². The predicted octanol–water partition coefficient (Wildman–Crippen LogP) is 1.31. The molecular formula is C14H19N3O3. The van der Waals surface area contributed by atoms with E-state index in [-0.39, 0.29) is 17.8 Å². The van der Waals surface area contributed by atoms with Gasteiger partial charge in [-0.15, -0.1) is 0 Å². The first-order chi connectivity index (χ1) is 9.54. The van der Waals surface area contributed by atoms with Crippen LogP contribution in [0.3, 0.4) is 0 Å². The minimum atomic E-state index is -0.421. The van der Waals surface area contributed by atoms with Gasteiger partial charge in [-0.2, -0.15) is 0 Å². The van der Waals surface area contributed by atoms with E-state index in [0.717, 1.165) is 12.8 Å². The van der Waals surface area contributed by atoms with Gasteiger partial charge in [-0.05, 0) is 31.9 Å². The van der Waals surface area contributed by atoms with Crippen molar-refractivity contribution >= 4 is 17.4 Å². The van der Waals surface area contributed by atoms with Crippen LogP contribution in [-0.2, 0) is 9.53 Å². The van der Waals surface area contributed by atoms with Crippen molar-refractivity contribution in [1.82, 2.24) is 0 Å². The summed E-state index contributed by atoms with van der Waals surface area (Å²) in [5.41, 5.74) is 6.74. The van der Waals surface area contributed by atoms with Gasteiger partial charge in [0, 0.05) is 12.6 Å². The first kappa shape index (κ1) is 14.3. The molecule has 0 aromatic heterocycles. The van der Waals surface area contributed by atoms with Crippen molar-refractivity contribution in [2.75, 3.05) is 11.9 Å². The Morgan fingerprint density at radius 2 is 2.15 bits per heavy atom. The van der Waals surface area contributed by atoms with Crippen LogP contribution in [0.5, 0.6) is 0 Å². The molecule has 0 saturated carbocycles. The van der Waals surface area contributed by atoms with Gasteiger partial charge in [-0.1, -0.05) is 17.3 Å². The Morgan fingerprint density at radius 3 is 2.75 bits per heavy atom. The van der Waals surface area contributed by atoms with Gasteiger partial charge >= 0.3 is 0 Å². The molecule has 2 rings (SSSR count). The minimum Gasteiger partial charge on any atom is -0.409 e. The van der Waals surface area contributed by atoms with Crippen LogP contribution in [-0.4, -0.2) is 36.2 Å². The summed E-state index contributed by atoms with van der Waals surface area (Å²) in [5, 5.41) is 11.8. The fourth-order valence-electron chi connectivity index (χ4n) is 2.36. The van der Waals surface area contributed by atoms with Crippen LogP contribution in [0.2, 0.25) is 0 Å². The van der Waals surface area contributed by atoms with E-state index in [4.69, 9.17) is 15.7 Å². The standard InChI is InChI=1S/C14H19N3O3/c1-9-7-8-12(20-9)14(18)17(2)11-6-4-3-5-10(11)13(15)16-19/h3-6,9,12,19H,7-8H2,1-2H3,(H2,15,16). The molecule has 0 aliphatic carbocycles. The lowest BCUT2D eigenvalue weighted by molar-refractivity contribution is -0.128. The van der Waals surface area contributed by atoms with E-state index < -0.39 is 6.10 Å². The summed E-state index contributed by atoms with van der Waals surface area (Å²) in [5.74, 6) is -0.145. The number of ether oxygens (including phenoxy) is 1. The van der Waals surface area contributed by atoms with Gasteiger partial charge in [0.05, 0.1) is 11.8 Å². The Balaban J connectivity index is 2.25. The molecule has 1 fully saturated rings. The maximum atomic E-state index is 12.4. The van der Waals surface area contributed by atoms with Crippen molar-refractivity contribution < 1.29 is 14.7 Å². The zero-order valence-electron chi connectivity index (χ0n) is 11.6. The Morgan fingerprint density at radius 1 is 1.45 bits per heavy atom. The first-order valence-electron chi connectivity index (χ1n) is 6.54. The maximum Gasteiger partial charge on any atom is 0.255 e. The zero-order valence-corrected chi connectivity index (χ0v) is 11.6. The highest BCUT2D eigenvalue weighted by atomic mass is 16.5. The highest BCUT2D eigenvalue weighted by molar-refractivity contribution is 6.07. The fourth-order valence-corrected chi connectivity index (χ4v) is 2.36. The highest BCUT2D eigenvalue weighted by Crippen LogP contribution is 2.25. The molecule has 1 aromatic carbocycles. The van der Waals surface area contributed by atoms with E-state index in [1.807, 2.05) is 6.92 Å². The van der Waals surface area contributed by atoms with E-state index in [0.29, 0.717) is 11.3 Å². The van der Waals surface area contributed by atoms with Crippen molar-refractivity contribution in [3.8, 4) is 0 Å². The number of hydrogen-bond donors (Lipinski definition) is 2. The molecule has 1 heterocycles. The maximum absolute atomic E-state index is 12.4. The molecule has 0 radical (unpaired) electrons. The molecule has 3 N–H and O–H groups in total. The molecule has 1 aliphatic rings. The molecule has 6 nitrogen and oxygen atoms in total. The lowest BCUT2D eigenvalue weighted by Crippen LogP contribution is -2.37. The van der Waals surface area contributed by atoms with Crippen molar-refractivity contribution in [3.05, 3.63) is 29.8 Å². The number of para-hydroxylation sites is 1. The third-order valence-electron chi connectivity index (χ3n) is 3.49. The quantitative estimate of drug-likeness (QED) is 0.377. The smallest absolute Gasteiger partial charge is 0.255 e. The average molecular weight is 277 g/mol. The second-order valence-electron chi connectivity index (χ2n) is 4.91. The molecule has 1 aromatic rings. The number of anilines is 1. The molecule has 6 heteroatoms. The summed E-state index contributed by atoms with van der Waals surface area (Å²) < 4.78 is 5.59. The number of benzene rings is 1. The summed E-state index contributed by atoms with van der Waals surface area (Å²) in [6.45, 7) is 1.96. The summed E-state index contributed by atoms with van der Waals surface area (Å²) >= 11 is 0. The normalized spacial score (nSPS) is 22.8. The van der Waals surface area contributed by atoms with Crippen molar-refractivity contribution in [2.24, 2.45) is 10.9 Å². The number of amides is 1. The number of oxime groups is 1. The summed E-state index contributed by atoms with van der Waals surface area (Å²) in [6.07, 6.45) is 1.29. The Labute approximate surface area is 117 Å². The van der Waals surface area contributed by atoms with Gasteiger partial charge in [0.1, 0.15) is 6.10 Å². The van der Waals surface area contributed by atoms with E-state index in [9.17, 15) is 4.79 Å². The van der Waals surface area contributed by atoms with Gasteiger partial charge in [-0.3, -0.25) is 4.79 Å². The van der Waals surface area contributed by atoms with Gasteiger partial charge < -0.3 is 20.6 Å². The van der Waals surface area contributed by atoms with Gasteiger partial charge in [0.2, 0.25) is 0 Å². The molecular weight excluding hydrogens is 258 g/mol. The van der Waals surface area contributed by atoms with Crippen LogP contribution in [0, 0.1) is 0 Å². The number of hydrogen-bond acceptors (Lipinski definition) is 4. The van der Waals surface area contributed by atoms with Crippen LogP contribution in [0.15, 0.2) is 29.4 Å². The average Bonchev–Trinajstić information content (AvgIpc) is 2.91. The zero-order chi connectivity index (χ0) is 14.7. The molecule has 108 valence electrons. The van der Waals surface area contributed by atoms with Crippen LogP contribution in [0.4, 0.5) is 5.69 Å². The summed E-state index contributed by atoms with van der Waals surface area (Å²) in [7, 11) is 1.66. The van der Waals surface area contributed by atoms with Crippen molar-refractivity contribution in [1.29, 1.82) is 0 Å². The Hall–Kier alpha value is -2.08. The van der Waals surface area contributed by atoms with Crippen molar-refractivity contribution in [3.63, 3.8) is 0 Å². The third-order valence-corrected chi connectivity index (χ3v) is 3.49. The number of amidine groups is 1. The minimum absolute atomic E-state index is 0.0269. The van der Waals surface area contributed by atoms with E-state index in [1.54, 1.807) is 31.3 Å². The van der Waals surface area contributed by atoms with E-state index >= 15 is 0 Å². The molecule has 0 bridgehead atoms. The predicted molar refractivity (Wildman–Crippen MR) is 75.9 cm³/mol. The Kier molecular flexibility index (Phi) is 4.24. The van der Waals surface area contributed by atoms with Crippen LogP contribution in [0.1, 0.15) is 25.3 Å². The molecule has 1 aliphatic heterocycles. The number of nitrogens with zero attached hydrogens (tertiary/aromatic N) is 2.